The summed E-state index contributed by atoms with van der Waals surface area (Å²) in [5, 5.41) is 17.5. The van der Waals surface area contributed by atoms with Gasteiger partial charge >= 0.3 is 6.01 Å². The van der Waals surface area contributed by atoms with Gasteiger partial charge in [-0.2, -0.15) is 9.97 Å². The summed E-state index contributed by atoms with van der Waals surface area (Å²) >= 11 is 0. The van der Waals surface area contributed by atoms with Crippen LogP contribution < -0.4 is 20.3 Å². The third-order valence-corrected chi connectivity index (χ3v) is 8.07. The van der Waals surface area contributed by atoms with Crippen LogP contribution in [-0.2, 0) is 11.2 Å². The van der Waals surface area contributed by atoms with Gasteiger partial charge < -0.3 is 25.4 Å². The smallest absolute Gasteiger partial charge is 0.318 e. The summed E-state index contributed by atoms with van der Waals surface area (Å²) in [6.07, 6.45) is 5.34. The van der Waals surface area contributed by atoms with E-state index in [4.69, 9.17) is 4.74 Å². The van der Waals surface area contributed by atoms with Gasteiger partial charge in [-0.05, 0) is 71.8 Å². The quantitative estimate of drug-likeness (QED) is 0.180. The summed E-state index contributed by atoms with van der Waals surface area (Å²) in [5.74, 6) is -1.99. The Balaban J connectivity index is 0.000000472. The molecule has 6 rings (SSSR count). The average Bonchev–Trinajstić information content (AvgIpc) is 3.34. The van der Waals surface area contributed by atoms with E-state index in [1.165, 1.54) is 37.4 Å². The molecule has 11 heteroatoms. The summed E-state index contributed by atoms with van der Waals surface area (Å²) in [4.78, 5) is 20.3. The first kappa shape index (κ1) is 30.3. The van der Waals surface area contributed by atoms with Gasteiger partial charge in [0.05, 0.1) is 12.7 Å². The SMILES string of the molecule is CCCCNC=O.CCc1c(F)ccc2cc(O)cc(-c3c(F)cc4c(N5CC6CCC(C5)N6)nc(OC)nc4c3F)c12. The van der Waals surface area contributed by atoms with Crippen LogP contribution in [0.2, 0.25) is 0 Å². The minimum atomic E-state index is -0.914. The second-order valence-corrected chi connectivity index (χ2v) is 10.9. The molecule has 8 nitrogen and oxygen atoms in total. The number of phenolic OH excluding ortho intramolecular Hbond substituents is 1. The second-order valence-electron chi connectivity index (χ2n) is 10.9. The first-order valence-electron chi connectivity index (χ1n) is 14.7. The van der Waals surface area contributed by atoms with Gasteiger partial charge in [-0.3, -0.25) is 4.79 Å². The fraction of sp³-hybridized carbons (Fsp3) is 0.406. The number of methoxy groups -OCH3 is 1. The van der Waals surface area contributed by atoms with Crippen LogP contribution in [0.5, 0.6) is 11.8 Å². The van der Waals surface area contributed by atoms with E-state index in [1.807, 2.05) is 4.90 Å². The minimum absolute atomic E-state index is 0.0269. The highest BCUT2D eigenvalue weighted by Gasteiger charge is 2.34. The summed E-state index contributed by atoms with van der Waals surface area (Å²) in [6.45, 7) is 6.00. The van der Waals surface area contributed by atoms with Gasteiger partial charge in [0.2, 0.25) is 6.41 Å². The van der Waals surface area contributed by atoms with Crippen molar-refractivity contribution in [2.75, 3.05) is 31.6 Å². The molecular formula is C32H36F3N5O3. The summed E-state index contributed by atoms with van der Waals surface area (Å²) in [5.41, 5.74) is -0.0860. The highest BCUT2D eigenvalue weighted by Crippen LogP contribution is 2.42. The third kappa shape index (κ3) is 6.04. The van der Waals surface area contributed by atoms with E-state index in [2.05, 4.69) is 27.5 Å². The lowest BCUT2D eigenvalue weighted by molar-refractivity contribution is -0.109. The van der Waals surface area contributed by atoms with Gasteiger partial charge in [-0.25, -0.2) is 13.2 Å². The predicted octanol–water partition coefficient (Wildman–Crippen LogP) is 5.62. The Morgan fingerprint density at radius 3 is 2.49 bits per heavy atom. The number of amides is 1. The summed E-state index contributed by atoms with van der Waals surface area (Å²) < 4.78 is 52.1. The van der Waals surface area contributed by atoms with E-state index in [-0.39, 0.29) is 45.9 Å². The standard InChI is InChI=1S/C27H25F3N4O2.C5H11NO/c1-3-17-20(28)7-4-13-8-16(35)9-18(22(13)17)23-21(29)10-19-25(24(23)30)32-27(36-2)33-26(19)34-11-14-5-6-15(12-34)31-14;1-2-3-4-6-5-7/h4,7-10,14-15,31,35H,3,5-6,11-12H2,1-2H3;5H,2-4H2,1H3,(H,6,7). The number of unbranched alkanes of at least 4 members (excludes halogenated alkanes) is 1. The van der Waals surface area contributed by atoms with Gasteiger partial charge in [0.1, 0.15) is 28.7 Å². The van der Waals surface area contributed by atoms with Crippen molar-refractivity contribution in [3.05, 3.63) is 53.3 Å². The zero-order valence-corrected chi connectivity index (χ0v) is 24.5. The van der Waals surface area contributed by atoms with Crippen molar-refractivity contribution in [1.82, 2.24) is 20.6 Å². The molecule has 2 unspecified atom stereocenters. The van der Waals surface area contributed by atoms with E-state index >= 15 is 8.78 Å². The van der Waals surface area contributed by atoms with Crippen LogP contribution in [-0.4, -0.2) is 60.3 Å². The fourth-order valence-electron chi connectivity index (χ4n) is 6.09. The molecule has 1 aromatic heterocycles. The Hall–Kier alpha value is -4.12. The highest BCUT2D eigenvalue weighted by molar-refractivity contribution is 6.03. The number of fused-ring (bicyclic) bond motifs is 4. The molecule has 2 bridgehead atoms. The number of carbonyl (C=O) groups is 1. The van der Waals surface area contributed by atoms with Crippen molar-refractivity contribution >= 4 is 33.9 Å². The van der Waals surface area contributed by atoms with Crippen molar-refractivity contribution < 1.29 is 27.8 Å². The number of phenols is 1. The fourth-order valence-corrected chi connectivity index (χ4v) is 6.09. The van der Waals surface area contributed by atoms with E-state index in [0.29, 0.717) is 41.7 Å². The molecule has 2 aliphatic rings. The lowest BCUT2D eigenvalue weighted by Crippen LogP contribution is -2.51. The molecule has 3 heterocycles. The molecule has 3 aromatic carbocycles. The van der Waals surface area contributed by atoms with E-state index in [0.717, 1.165) is 38.6 Å². The molecule has 43 heavy (non-hydrogen) atoms. The van der Waals surface area contributed by atoms with Gasteiger partial charge in [0.25, 0.3) is 0 Å². The molecule has 0 spiro atoms. The second kappa shape index (κ2) is 13.0. The number of aryl methyl sites for hydroxylation is 1. The molecule has 228 valence electrons. The van der Waals surface area contributed by atoms with Crippen LogP contribution in [0.15, 0.2) is 30.3 Å². The maximum atomic E-state index is 16.2. The number of nitrogens with zero attached hydrogens (tertiary/aromatic N) is 3. The number of aromatic nitrogens is 2. The zero-order valence-electron chi connectivity index (χ0n) is 24.5. The Bertz CT molecular complexity index is 1640. The molecule has 2 fully saturated rings. The van der Waals surface area contributed by atoms with Gasteiger partial charge in [-0.15, -0.1) is 0 Å². The molecule has 2 saturated heterocycles. The van der Waals surface area contributed by atoms with Gasteiger partial charge in [0.15, 0.2) is 5.82 Å². The molecule has 0 saturated carbocycles. The maximum absolute atomic E-state index is 16.2. The molecule has 2 atom stereocenters. The van der Waals surface area contributed by atoms with Crippen molar-refractivity contribution in [2.24, 2.45) is 0 Å². The van der Waals surface area contributed by atoms with E-state index < -0.39 is 17.5 Å². The molecule has 3 N–H and O–H groups in total. The zero-order chi connectivity index (χ0) is 30.7. The lowest BCUT2D eigenvalue weighted by Gasteiger charge is -2.34. The van der Waals surface area contributed by atoms with Crippen molar-refractivity contribution in [1.29, 1.82) is 0 Å². The minimum Gasteiger partial charge on any atom is -0.508 e. The molecular weight excluding hydrogens is 559 g/mol. The van der Waals surface area contributed by atoms with Crippen LogP contribution in [0.3, 0.4) is 0 Å². The Kier molecular flexibility index (Phi) is 9.19. The Morgan fingerprint density at radius 2 is 1.84 bits per heavy atom. The normalized spacial score (nSPS) is 17.6. The van der Waals surface area contributed by atoms with E-state index in [1.54, 1.807) is 6.92 Å². The summed E-state index contributed by atoms with van der Waals surface area (Å²) in [6, 6.07) is 7.28. The highest BCUT2D eigenvalue weighted by atomic mass is 19.1. The predicted molar refractivity (Wildman–Crippen MR) is 161 cm³/mol. The van der Waals surface area contributed by atoms with Crippen LogP contribution in [0.1, 0.15) is 45.1 Å². The number of piperazine rings is 1. The molecule has 0 radical (unpaired) electrons. The van der Waals surface area contributed by atoms with Crippen LogP contribution in [0, 0.1) is 17.5 Å². The number of ether oxygens (including phenoxy) is 1. The first-order chi connectivity index (χ1) is 20.8. The number of rotatable bonds is 8. The number of nitrogens with one attached hydrogen (secondary N) is 2. The molecule has 4 aromatic rings. The summed E-state index contributed by atoms with van der Waals surface area (Å²) in [7, 11) is 1.40. The maximum Gasteiger partial charge on any atom is 0.318 e. The average molecular weight is 596 g/mol. The van der Waals surface area contributed by atoms with Crippen LogP contribution in [0.4, 0.5) is 19.0 Å². The number of hydrogen-bond acceptors (Lipinski definition) is 7. The van der Waals surface area contributed by atoms with Crippen molar-refractivity contribution in [3.63, 3.8) is 0 Å². The van der Waals surface area contributed by atoms with Gasteiger partial charge in [-0.1, -0.05) is 26.3 Å². The molecule has 1 amide bonds. The van der Waals surface area contributed by atoms with Crippen LogP contribution >= 0.6 is 0 Å². The molecule has 2 aliphatic heterocycles. The van der Waals surface area contributed by atoms with E-state index in [9.17, 15) is 14.3 Å². The Labute approximate surface area is 248 Å². The number of carbonyl (C=O) groups excluding carboxylic acids is 1. The number of benzene rings is 3. The number of aromatic hydroxyl groups is 1. The van der Waals surface area contributed by atoms with Gasteiger partial charge in [0, 0.05) is 37.1 Å². The number of anilines is 1. The third-order valence-electron chi connectivity index (χ3n) is 8.07. The molecule has 0 aliphatic carbocycles. The first-order valence-corrected chi connectivity index (χ1v) is 14.7. The monoisotopic (exact) mass is 595 g/mol. The Morgan fingerprint density at radius 1 is 1.09 bits per heavy atom. The van der Waals surface area contributed by atoms with Crippen molar-refractivity contribution in [2.45, 2.75) is 58.0 Å². The number of hydrogen-bond donors (Lipinski definition) is 3. The lowest BCUT2D eigenvalue weighted by atomic mass is 9.91. The topological polar surface area (TPSA) is 99.6 Å². The number of halogens is 3. The van der Waals surface area contributed by atoms with Crippen LogP contribution in [0.25, 0.3) is 32.8 Å². The van der Waals surface area contributed by atoms with Crippen molar-refractivity contribution in [3.8, 4) is 22.9 Å². The largest absolute Gasteiger partial charge is 0.508 e.